The van der Waals surface area contributed by atoms with E-state index in [1.165, 1.54) is 43.8 Å². The van der Waals surface area contributed by atoms with E-state index in [1.807, 2.05) is 24.3 Å². The van der Waals surface area contributed by atoms with Crippen molar-refractivity contribution in [2.24, 2.45) is 14.1 Å². The summed E-state index contributed by atoms with van der Waals surface area (Å²) >= 11 is 0. The molecule has 1 aliphatic heterocycles. The predicted molar refractivity (Wildman–Crippen MR) is 121 cm³/mol. The van der Waals surface area contributed by atoms with E-state index in [-0.39, 0.29) is 22.5 Å². The van der Waals surface area contributed by atoms with Crippen LogP contribution in [0.3, 0.4) is 0 Å². The number of nitrogens with zero attached hydrogens (tertiary/aromatic N) is 5. The van der Waals surface area contributed by atoms with Gasteiger partial charge in [0, 0.05) is 50.7 Å². The zero-order valence-electron chi connectivity index (χ0n) is 17.8. The Labute approximate surface area is 183 Å². The molecule has 162 valence electrons. The minimum atomic E-state index is -0.489. The quantitative estimate of drug-likeness (QED) is 0.536. The molecule has 4 heterocycles. The van der Waals surface area contributed by atoms with Gasteiger partial charge in [0.25, 0.3) is 11.5 Å². The maximum absolute atomic E-state index is 12.7. The number of amides is 1. The summed E-state index contributed by atoms with van der Waals surface area (Å²) in [7, 11) is 2.93. The monoisotopic (exact) mass is 430 g/mol. The first-order valence-electron chi connectivity index (χ1n) is 10.5. The molecule has 0 bridgehead atoms. The first-order valence-corrected chi connectivity index (χ1v) is 10.5. The SMILES string of the molecule is Cn1c(=O)c2cc(C(=O)Nc3ccc(-c4cn5c(n4)CCCC5)cc3)cnc2n(C)c1=O. The fourth-order valence-corrected chi connectivity index (χ4v) is 4.07. The van der Waals surface area contributed by atoms with Crippen LogP contribution in [-0.2, 0) is 27.1 Å². The fraction of sp³-hybridized carbons (Fsp3) is 0.261. The molecule has 1 N–H and O–H groups in total. The third-order valence-corrected chi connectivity index (χ3v) is 5.90. The molecule has 0 atom stereocenters. The van der Waals surface area contributed by atoms with Gasteiger partial charge in [0.05, 0.1) is 16.6 Å². The lowest BCUT2D eigenvalue weighted by Crippen LogP contribution is -2.37. The Morgan fingerprint density at radius 1 is 1.06 bits per heavy atom. The third-order valence-electron chi connectivity index (χ3n) is 5.90. The second-order valence-corrected chi connectivity index (χ2v) is 8.03. The molecule has 0 aliphatic carbocycles. The normalized spacial score (nSPS) is 13.2. The Hall–Kier alpha value is -4.01. The van der Waals surface area contributed by atoms with Gasteiger partial charge in [-0.3, -0.25) is 18.7 Å². The number of benzene rings is 1. The number of aryl methyl sites for hydroxylation is 3. The lowest BCUT2D eigenvalue weighted by Gasteiger charge is -2.11. The first kappa shape index (κ1) is 19.9. The molecule has 9 heteroatoms. The van der Waals surface area contributed by atoms with Crippen LogP contribution >= 0.6 is 0 Å². The lowest BCUT2D eigenvalue weighted by atomic mass is 10.1. The molecular weight excluding hydrogens is 408 g/mol. The van der Waals surface area contributed by atoms with Crippen LogP contribution in [0.15, 0.2) is 52.3 Å². The number of anilines is 1. The van der Waals surface area contributed by atoms with E-state index in [2.05, 4.69) is 21.1 Å². The number of nitrogens with one attached hydrogen (secondary N) is 1. The maximum atomic E-state index is 12.7. The summed E-state index contributed by atoms with van der Waals surface area (Å²) in [6, 6.07) is 8.96. The van der Waals surface area contributed by atoms with Crippen molar-refractivity contribution >= 4 is 22.6 Å². The summed E-state index contributed by atoms with van der Waals surface area (Å²) in [5.74, 6) is 0.733. The number of hydrogen-bond acceptors (Lipinski definition) is 5. The number of imidazole rings is 1. The molecule has 1 aromatic carbocycles. The maximum Gasteiger partial charge on any atom is 0.332 e. The molecule has 0 unspecified atom stereocenters. The first-order chi connectivity index (χ1) is 15.4. The number of carbonyl (C=O) groups is 1. The molecule has 0 fully saturated rings. The molecule has 1 aliphatic rings. The summed E-state index contributed by atoms with van der Waals surface area (Å²) < 4.78 is 4.49. The van der Waals surface area contributed by atoms with Gasteiger partial charge in [-0.2, -0.15) is 0 Å². The average molecular weight is 430 g/mol. The van der Waals surface area contributed by atoms with Gasteiger partial charge in [0.1, 0.15) is 11.5 Å². The van der Waals surface area contributed by atoms with E-state index in [0.29, 0.717) is 5.69 Å². The van der Waals surface area contributed by atoms with E-state index >= 15 is 0 Å². The van der Waals surface area contributed by atoms with Gasteiger partial charge in [-0.25, -0.2) is 14.8 Å². The van der Waals surface area contributed by atoms with Crippen LogP contribution < -0.4 is 16.6 Å². The van der Waals surface area contributed by atoms with E-state index in [9.17, 15) is 14.4 Å². The largest absolute Gasteiger partial charge is 0.334 e. The summed E-state index contributed by atoms with van der Waals surface area (Å²) in [5.41, 5.74) is 2.06. The van der Waals surface area contributed by atoms with Gasteiger partial charge in [0.2, 0.25) is 0 Å². The molecule has 4 aromatic rings. The predicted octanol–water partition coefficient (Wildman–Crippen LogP) is 2.08. The molecule has 0 spiro atoms. The van der Waals surface area contributed by atoms with Gasteiger partial charge < -0.3 is 9.88 Å². The van der Waals surface area contributed by atoms with E-state index in [4.69, 9.17) is 4.98 Å². The minimum Gasteiger partial charge on any atom is -0.334 e. The average Bonchev–Trinajstić information content (AvgIpc) is 3.26. The molecule has 0 radical (unpaired) electrons. The van der Waals surface area contributed by atoms with Crippen LogP contribution in [0.5, 0.6) is 0 Å². The highest BCUT2D eigenvalue weighted by Crippen LogP contribution is 2.24. The summed E-state index contributed by atoms with van der Waals surface area (Å²) in [6.07, 6.45) is 6.80. The number of hydrogen-bond donors (Lipinski definition) is 1. The van der Waals surface area contributed by atoms with E-state index < -0.39 is 11.2 Å². The summed E-state index contributed by atoms with van der Waals surface area (Å²) in [4.78, 5) is 46.1. The third kappa shape index (κ3) is 3.31. The smallest absolute Gasteiger partial charge is 0.332 e. The summed E-state index contributed by atoms with van der Waals surface area (Å²) in [5, 5.41) is 3.04. The number of aromatic nitrogens is 5. The highest BCUT2D eigenvalue weighted by atomic mass is 16.2. The van der Waals surface area contributed by atoms with Gasteiger partial charge in [-0.05, 0) is 31.0 Å². The summed E-state index contributed by atoms with van der Waals surface area (Å²) in [6.45, 7) is 1.01. The highest BCUT2D eigenvalue weighted by molar-refractivity contribution is 6.05. The van der Waals surface area contributed by atoms with Gasteiger partial charge >= 0.3 is 5.69 Å². The van der Waals surface area contributed by atoms with Gasteiger partial charge in [-0.1, -0.05) is 12.1 Å². The van der Waals surface area contributed by atoms with Crippen LogP contribution in [0.4, 0.5) is 5.69 Å². The highest BCUT2D eigenvalue weighted by Gasteiger charge is 2.15. The molecule has 0 saturated heterocycles. The molecule has 3 aromatic heterocycles. The van der Waals surface area contributed by atoms with Crippen molar-refractivity contribution in [2.45, 2.75) is 25.8 Å². The van der Waals surface area contributed by atoms with Crippen molar-refractivity contribution in [2.75, 3.05) is 5.32 Å². The molecule has 1 amide bonds. The fourth-order valence-electron chi connectivity index (χ4n) is 4.07. The number of rotatable bonds is 3. The Kier molecular flexibility index (Phi) is 4.73. The number of fused-ring (bicyclic) bond motifs is 2. The Morgan fingerprint density at radius 2 is 1.84 bits per heavy atom. The van der Waals surface area contributed by atoms with Crippen LogP contribution in [-0.4, -0.2) is 29.6 Å². The van der Waals surface area contributed by atoms with E-state index in [1.54, 1.807) is 0 Å². The second kappa shape index (κ2) is 7.60. The van der Waals surface area contributed by atoms with Crippen molar-refractivity contribution in [1.82, 2.24) is 23.7 Å². The van der Waals surface area contributed by atoms with E-state index in [0.717, 1.165) is 34.6 Å². The van der Waals surface area contributed by atoms with Gasteiger partial charge in [-0.15, -0.1) is 0 Å². The molecular formula is C23H22N6O3. The Balaban J connectivity index is 1.39. The number of pyridine rings is 1. The molecule has 32 heavy (non-hydrogen) atoms. The molecule has 0 saturated carbocycles. The van der Waals surface area contributed by atoms with Crippen molar-refractivity contribution in [3.8, 4) is 11.3 Å². The standard InChI is InChI=1S/C23H22N6O3/c1-27-20-17(22(31)28(2)23(27)32)11-15(12-24-20)21(30)25-16-8-6-14(7-9-16)18-13-29-10-4-3-5-19(29)26-18/h6-9,11-13H,3-5,10H2,1-2H3,(H,25,30). The topological polar surface area (TPSA) is 104 Å². The van der Waals surface area contributed by atoms with Crippen molar-refractivity contribution in [1.29, 1.82) is 0 Å². The van der Waals surface area contributed by atoms with Crippen molar-refractivity contribution in [3.05, 3.63) is 75.0 Å². The Bertz CT molecular complexity index is 1450. The number of carbonyl (C=O) groups excluding carboxylic acids is 1. The molecule has 5 rings (SSSR count). The second-order valence-electron chi connectivity index (χ2n) is 8.03. The molecule has 9 nitrogen and oxygen atoms in total. The van der Waals surface area contributed by atoms with Crippen LogP contribution in [0.2, 0.25) is 0 Å². The van der Waals surface area contributed by atoms with Crippen LogP contribution in [0, 0.1) is 0 Å². The van der Waals surface area contributed by atoms with Crippen LogP contribution in [0.1, 0.15) is 29.0 Å². The minimum absolute atomic E-state index is 0.210. The zero-order chi connectivity index (χ0) is 22.4. The van der Waals surface area contributed by atoms with Crippen LogP contribution in [0.25, 0.3) is 22.3 Å². The van der Waals surface area contributed by atoms with Gasteiger partial charge in [0.15, 0.2) is 0 Å². The van der Waals surface area contributed by atoms with Crippen molar-refractivity contribution in [3.63, 3.8) is 0 Å². The Morgan fingerprint density at radius 3 is 2.59 bits per heavy atom. The zero-order valence-corrected chi connectivity index (χ0v) is 17.8. The lowest BCUT2D eigenvalue weighted by molar-refractivity contribution is 0.102. The van der Waals surface area contributed by atoms with Crippen molar-refractivity contribution < 1.29 is 4.79 Å².